The zero-order valence-electron chi connectivity index (χ0n) is 15.2. The molecule has 3 rings (SSSR count). The molecular formula is C18H24Cl2N3O2S+. The molecule has 5 nitrogen and oxygen atoms in total. The largest absolute Gasteiger partial charge is 0.330 e. The lowest BCUT2D eigenvalue weighted by atomic mass is 10.1. The topological polar surface area (TPSA) is 56.4 Å². The third kappa shape index (κ3) is 4.09. The van der Waals surface area contributed by atoms with Gasteiger partial charge in [0.1, 0.15) is 13.1 Å². The Morgan fingerprint density at radius 2 is 1.81 bits per heavy atom. The minimum absolute atomic E-state index is 0.0502. The number of rotatable bonds is 5. The van der Waals surface area contributed by atoms with Gasteiger partial charge in [-0.15, -0.1) is 0 Å². The number of aryl methyl sites for hydroxylation is 1. The molecule has 1 fully saturated rings. The summed E-state index contributed by atoms with van der Waals surface area (Å²) in [5.74, 6) is 0.438. The van der Waals surface area contributed by atoms with Crippen molar-refractivity contribution in [1.29, 1.82) is 0 Å². The van der Waals surface area contributed by atoms with E-state index in [-0.39, 0.29) is 17.5 Å². The van der Waals surface area contributed by atoms with E-state index in [0.29, 0.717) is 23.0 Å². The molecule has 0 saturated carbocycles. The van der Waals surface area contributed by atoms with Gasteiger partial charge in [-0.1, -0.05) is 29.3 Å². The molecule has 2 heterocycles. The molecule has 1 unspecified atom stereocenters. The highest BCUT2D eigenvalue weighted by atomic mass is 35.5. The number of benzene rings is 1. The quantitative estimate of drug-likeness (QED) is 0.813. The molecule has 1 aromatic carbocycles. The second-order valence-electron chi connectivity index (χ2n) is 7.16. The molecule has 0 amide bonds. The minimum atomic E-state index is -2.93. The third-order valence-corrected chi connectivity index (χ3v) is 7.51. The summed E-state index contributed by atoms with van der Waals surface area (Å²) in [4.78, 5) is 1.24. The van der Waals surface area contributed by atoms with Gasteiger partial charge in [0, 0.05) is 11.3 Å². The van der Waals surface area contributed by atoms with Crippen LogP contribution in [0, 0.1) is 13.8 Å². The van der Waals surface area contributed by atoms with Gasteiger partial charge in [-0.2, -0.15) is 5.10 Å². The monoisotopic (exact) mass is 416 g/mol. The Hall–Kier alpha value is -1.08. The van der Waals surface area contributed by atoms with E-state index in [2.05, 4.69) is 12.1 Å². The average molecular weight is 417 g/mol. The second-order valence-corrected chi connectivity index (χ2v) is 10.2. The van der Waals surface area contributed by atoms with Crippen molar-refractivity contribution in [1.82, 2.24) is 9.78 Å². The highest BCUT2D eigenvalue weighted by molar-refractivity contribution is 7.91. The molecular weight excluding hydrogens is 393 g/mol. The number of hydrogen-bond acceptors (Lipinski definition) is 3. The summed E-state index contributed by atoms with van der Waals surface area (Å²) < 4.78 is 25.5. The summed E-state index contributed by atoms with van der Waals surface area (Å²) in [7, 11) is -0.839. The van der Waals surface area contributed by atoms with Crippen LogP contribution in [0.15, 0.2) is 18.2 Å². The predicted molar refractivity (Wildman–Crippen MR) is 105 cm³/mol. The van der Waals surface area contributed by atoms with E-state index in [9.17, 15) is 8.42 Å². The Balaban J connectivity index is 1.78. The van der Waals surface area contributed by atoms with Crippen molar-refractivity contribution in [3.05, 3.63) is 50.8 Å². The molecule has 2 aromatic rings. The van der Waals surface area contributed by atoms with E-state index in [1.54, 1.807) is 0 Å². The maximum Gasteiger partial charge on any atom is 0.152 e. The Kier molecular flexibility index (Phi) is 5.68. The Morgan fingerprint density at radius 1 is 1.19 bits per heavy atom. The van der Waals surface area contributed by atoms with Crippen LogP contribution in [0.25, 0.3) is 0 Å². The molecule has 0 spiro atoms. The van der Waals surface area contributed by atoms with Gasteiger partial charge in [0.15, 0.2) is 9.84 Å². The minimum Gasteiger partial charge on any atom is -0.330 e. The van der Waals surface area contributed by atoms with Crippen LogP contribution in [0.4, 0.5) is 0 Å². The molecule has 1 aliphatic heterocycles. The summed E-state index contributed by atoms with van der Waals surface area (Å²) in [5.41, 5.74) is 4.11. The van der Waals surface area contributed by atoms with Crippen molar-refractivity contribution >= 4 is 33.0 Å². The molecule has 0 bridgehead atoms. The van der Waals surface area contributed by atoms with Crippen molar-refractivity contribution in [3.8, 4) is 0 Å². The van der Waals surface area contributed by atoms with Gasteiger partial charge in [0.2, 0.25) is 0 Å². The Labute approximate surface area is 164 Å². The normalized spacial score (nSPS) is 20.4. The Morgan fingerprint density at radius 3 is 2.38 bits per heavy atom. The summed E-state index contributed by atoms with van der Waals surface area (Å²) in [5, 5.41) is 6.00. The van der Waals surface area contributed by atoms with Crippen LogP contribution in [0.3, 0.4) is 0 Å². The lowest BCUT2D eigenvalue weighted by Crippen LogP contribution is -3.06. The fraction of sp³-hybridized carbons (Fsp3) is 0.500. The second kappa shape index (κ2) is 7.50. The summed E-state index contributed by atoms with van der Waals surface area (Å²) in [6, 6.07) is 5.50. The number of aromatic nitrogens is 2. The van der Waals surface area contributed by atoms with Gasteiger partial charge in [0.05, 0.1) is 45.9 Å². The molecule has 1 aromatic heterocycles. The number of sulfone groups is 1. The van der Waals surface area contributed by atoms with Crippen LogP contribution in [-0.4, -0.2) is 36.8 Å². The molecule has 1 N–H and O–H groups in total. The SMILES string of the molecule is Cc1nn([C@@H]2CCS(=O)(=O)C2)c(C)c1C[NH+](C)Cc1c(Cl)cccc1Cl. The molecule has 1 saturated heterocycles. The first kappa shape index (κ1) is 19.7. The summed E-state index contributed by atoms with van der Waals surface area (Å²) >= 11 is 12.6. The number of halogens is 2. The molecule has 26 heavy (non-hydrogen) atoms. The molecule has 8 heteroatoms. The van der Waals surface area contributed by atoms with E-state index < -0.39 is 9.84 Å². The highest BCUT2D eigenvalue weighted by Crippen LogP contribution is 2.27. The van der Waals surface area contributed by atoms with Gasteiger partial charge in [-0.05, 0) is 32.4 Å². The fourth-order valence-corrected chi connectivity index (χ4v) is 5.87. The van der Waals surface area contributed by atoms with Crippen LogP contribution in [0.2, 0.25) is 10.0 Å². The van der Waals surface area contributed by atoms with Crippen molar-refractivity contribution in [3.63, 3.8) is 0 Å². The van der Waals surface area contributed by atoms with Gasteiger partial charge >= 0.3 is 0 Å². The average Bonchev–Trinajstić information content (AvgIpc) is 3.05. The molecule has 0 aliphatic carbocycles. The van der Waals surface area contributed by atoms with Crippen LogP contribution >= 0.6 is 23.2 Å². The van der Waals surface area contributed by atoms with Crippen molar-refractivity contribution in [2.24, 2.45) is 0 Å². The van der Waals surface area contributed by atoms with E-state index in [1.165, 1.54) is 4.90 Å². The lowest BCUT2D eigenvalue weighted by Gasteiger charge is -2.17. The van der Waals surface area contributed by atoms with Crippen LogP contribution < -0.4 is 4.90 Å². The van der Waals surface area contributed by atoms with Crippen LogP contribution in [0.5, 0.6) is 0 Å². The maximum atomic E-state index is 11.8. The zero-order chi connectivity index (χ0) is 19.1. The van der Waals surface area contributed by atoms with E-state index in [0.717, 1.165) is 29.1 Å². The lowest BCUT2D eigenvalue weighted by molar-refractivity contribution is -0.907. The summed E-state index contributed by atoms with van der Waals surface area (Å²) in [6.07, 6.45) is 0.641. The predicted octanol–water partition coefficient (Wildman–Crippen LogP) is 2.38. The van der Waals surface area contributed by atoms with Gasteiger partial charge < -0.3 is 4.90 Å². The fourth-order valence-electron chi connectivity index (χ4n) is 3.64. The first-order valence-electron chi connectivity index (χ1n) is 8.67. The number of hydrogen-bond donors (Lipinski definition) is 1. The summed E-state index contributed by atoms with van der Waals surface area (Å²) in [6.45, 7) is 5.49. The van der Waals surface area contributed by atoms with E-state index >= 15 is 0 Å². The van der Waals surface area contributed by atoms with Crippen molar-refractivity contribution < 1.29 is 13.3 Å². The van der Waals surface area contributed by atoms with Crippen LogP contribution in [-0.2, 0) is 22.9 Å². The van der Waals surface area contributed by atoms with Gasteiger partial charge in [-0.25, -0.2) is 8.42 Å². The zero-order valence-corrected chi connectivity index (χ0v) is 17.5. The maximum absolute atomic E-state index is 11.8. The molecule has 2 atom stereocenters. The number of nitrogens with one attached hydrogen (secondary N) is 1. The van der Waals surface area contributed by atoms with Crippen molar-refractivity contribution in [2.75, 3.05) is 18.6 Å². The first-order chi connectivity index (χ1) is 12.2. The van der Waals surface area contributed by atoms with Crippen LogP contribution in [0.1, 0.15) is 35.0 Å². The number of quaternary nitrogens is 1. The standard InChI is InChI=1S/C18H23Cl2N3O2S/c1-12-15(9-22(3)10-16-17(19)5-4-6-18(16)20)13(2)23(21-12)14-7-8-26(24,25)11-14/h4-6,14H,7-11H2,1-3H3/p+1/t14-/m1/s1. The smallest absolute Gasteiger partial charge is 0.152 e. The number of nitrogens with zero attached hydrogens (tertiary/aromatic N) is 2. The highest BCUT2D eigenvalue weighted by Gasteiger charge is 2.31. The van der Waals surface area contributed by atoms with E-state index in [4.69, 9.17) is 23.2 Å². The van der Waals surface area contributed by atoms with Gasteiger partial charge in [0.25, 0.3) is 0 Å². The van der Waals surface area contributed by atoms with Crippen molar-refractivity contribution in [2.45, 2.75) is 39.4 Å². The third-order valence-electron chi connectivity index (χ3n) is 5.05. The molecule has 142 valence electrons. The Bertz CT molecular complexity index is 905. The van der Waals surface area contributed by atoms with E-state index in [1.807, 2.05) is 36.7 Å². The van der Waals surface area contributed by atoms with Gasteiger partial charge in [-0.3, -0.25) is 4.68 Å². The first-order valence-corrected chi connectivity index (χ1v) is 11.2. The molecule has 0 radical (unpaired) electrons. The molecule has 1 aliphatic rings.